The maximum absolute atomic E-state index is 13.0. The van der Waals surface area contributed by atoms with Crippen LogP contribution in [0.5, 0.6) is 0 Å². The Morgan fingerprint density at radius 2 is 1.33 bits per heavy atom. The number of hydrogen-bond donors (Lipinski definition) is 10. The summed E-state index contributed by atoms with van der Waals surface area (Å²) in [6.45, 7) is 0.973. The van der Waals surface area contributed by atoms with Gasteiger partial charge in [0.05, 0.1) is 18.9 Å². The van der Waals surface area contributed by atoms with Crippen molar-refractivity contribution in [3.8, 4) is 0 Å². The molecule has 0 bridgehead atoms. The van der Waals surface area contributed by atoms with Crippen LogP contribution in [0.4, 0.5) is 0 Å². The first-order chi connectivity index (χ1) is 18.4. The third-order valence-corrected chi connectivity index (χ3v) is 6.20. The van der Waals surface area contributed by atoms with Crippen molar-refractivity contribution in [2.24, 2.45) is 17.2 Å². The van der Waals surface area contributed by atoms with Gasteiger partial charge in [0, 0.05) is 5.75 Å². The minimum atomic E-state index is -1.62. The zero-order valence-electron chi connectivity index (χ0n) is 21.4. The molecule has 0 unspecified atom stereocenters. The summed E-state index contributed by atoms with van der Waals surface area (Å²) in [7, 11) is 0. The van der Waals surface area contributed by atoms with E-state index in [0.29, 0.717) is 32.4 Å². The van der Waals surface area contributed by atoms with E-state index in [-0.39, 0.29) is 12.2 Å². The number of carbonyl (C=O) groups is 7. The molecular formula is C22H38N8O8S. The summed E-state index contributed by atoms with van der Waals surface area (Å²) < 4.78 is 0. The Balaban J connectivity index is 2.97. The van der Waals surface area contributed by atoms with Gasteiger partial charge in [0.15, 0.2) is 0 Å². The zero-order valence-corrected chi connectivity index (χ0v) is 22.3. The van der Waals surface area contributed by atoms with Crippen molar-refractivity contribution >= 4 is 54.0 Å². The summed E-state index contributed by atoms with van der Waals surface area (Å²) in [5.41, 5.74) is 15.8. The minimum absolute atomic E-state index is 0.0447. The molecule has 1 rings (SSSR count). The van der Waals surface area contributed by atoms with E-state index in [0.717, 1.165) is 6.42 Å². The lowest BCUT2D eigenvalue weighted by Gasteiger charge is -2.25. The van der Waals surface area contributed by atoms with Crippen LogP contribution in [0.25, 0.3) is 0 Å². The van der Waals surface area contributed by atoms with Crippen LogP contribution in [0.15, 0.2) is 0 Å². The predicted molar refractivity (Wildman–Crippen MR) is 141 cm³/mol. The average molecular weight is 575 g/mol. The SMILES string of the molecule is NCCCC[C@H](NC(=O)[C@H](CC(N)=O)NC(=O)[C@H](CC(N)=O)NC(=O)[C@H](CS)NC(=O)[C@@H]1CCCN1)C(=O)O. The number of thiol groups is 1. The lowest BCUT2D eigenvalue weighted by atomic mass is 10.1. The third-order valence-electron chi connectivity index (χ3n) is 5.83. The largest absolute Gasteiger partial charge is 0.480 e. The van der Waals surface area contributed by atoms with Crippen LogP contribution in [0.2, 0.25) is 0 Å². The van der Waals surface area contributed by atoms with Gasteiger partial charge >= 0.3 is 5.97 Å². The highest BCUT2D eigenvalue weighted by atomic mass is 32.1. The summed E-state index contributed by atoms with van der Waals surface area (Å²) in [5, 5.41) is 21.6. The highest BCUT2D eigenvalue weighted by molar-refractivity contribution is 7.80. The van der Waals surface area contributed by atoms with Crippen molar-refractivity contribution in [1.29, 1.82) is 0 Å². The predicted octanol–water partition coefficient (Wildman–Crippen LogP) is -4.43. The quantitative estimate of drug-likeness (QED) is 0.0554. The van der Waals surface area contributed by atoms with Crippen molar-refractivity contribution in [3.05, 3.63) is 0 Å². The molecule has 0 saturated carbocycles. The molecule has 1 saturated heterocycles. The fraction of sp³-hybridized carbons (Fsp3) is 0.682. The first-order valence-electron chi connectivity index (χ1n) is 12.4. The molecule has 0 aliphatic carbocycles. The molecule has 0 aromatic rings. The number of nitrogens with two attached hydrogens (primary N) is 3. The number of hydrogen-bond acceptors (Lipinski definition) is 10. The molecule has 17 heteroatoms. The Bertz CT molecular complexity index is 914. The van der Waals surface area contributed by atoms with Gasteiger partial charge in [-0.25, -0.2) is 4.79 Å². The smallest absolute Gasteiger partial charge is 0.326 e. The molecule has 0 spiro atoms. The first kappa shape index (κ1) is 33.6. The van der Waals surface area contributed by atoms with Crippen LogP contribution in [0.3, 0.4) is 0 Å². The minimum Gasteiger partial charge on any atom is -0.480 e. The van der Waals surface area contributed by atoms with Crippen molar-refractivity contribution in [3.63, 3.8) is 0 Å². The van der Waals surface area contributed by atoms with E-state index in [4.69, 9.17) is 17.2 Å². The number of amides is 6. The van der Waals surface area contributed by atoms with Crippen molar-refractivity contribution in [1.82, 2.24) is 26.6 Å². The first-order valence-corrected chi connectivity index (χ1v) is 13.1. The van der Waals surface area contributed by atoms with E-state index < -0.39 is 84.5 Å². The van der Waals surface area contributed by atoms with E-state index in [1.165, 1.54) is 0 Å². The summed E-state index contributed by atoms with van der Waals surface area (Å²) in [6.07, 6.45) is 0.942. The molecule has 0 aromatic heterocycles. The molecule has 1 heterocycles. The van der Waals surface area contributed by atoms with Gasteiger partial charge in [0.25, 0.3) is 0 Å². The second-order valence-corrected chi connectivity index (χ2v) is 9.40. The molecular weight excluding hydrogens is 536 g/mol. The maximum Gasteiger partial charge on any atom is 0.326 e. The number of aliphatic carboxylic acids is 1. The third kappa shape index (κ3) is 12.3. The molecule has 5 atom stereocenters. The van der Waals surface area contributed by atoms with Gasteiger partial charge in [-0.2, -0.15) is 12.6 Å². The maximum atomic E-state index is 13.0. The number of nitrogens with one attached hydrogen (secondary N) is 5. The molecule has 16 nitrogen and oxygen atoms in total. The number of carbonyl (C=O) groups excluding carboxylic acids is 6. The fourth-order valence-corrected chi connectivity index (χ4v) is 4.02. The van der Waals surface area contributed by atoms with Crippen LogP contribution in [0, 0.1) is 0 Å². The van der Waals surface area contributed by atoms with E-state index in [9.17, 15) is 38.7 Å². The number of carboxylic acid groups (broad SMARTS) is 1. The molecule has 0 aromatic carbocycles. The lowest BCUT2D eigenvalue weighted by Crippen LogP contribution is -2.59. The van der Waals surface area contributed by atoms with Gasteiger partial charge in [0.2, 0.25) is 35.4 Å². The van der Waals surface area contributed by atoms with Crippen molar-refractivity contribution in [2.45, 2.75) is 75.2 Å². The number of unbranched alkanes of at least 4 members (excludes halogenated alkanes) is 1. The van der Waals surface area contributed by atoms with Crippen molar-refractivity contribution < 1.29 is 38.7 Å². The Morgan fingerprint density at radius 3 is 1.74 bits per heavy atom. The summed E-state index contributed by atoms with van der Waals surface area (Å²) >= 11 is 4.07. The molecule has 39 heavy (non-hydrogen) atoms. The Kier molecular flexibility index (Phi) is 14.8. The Labute approximate surface area is 230 Å². The molecule has 12 N–H and O–H groups in total. The summed E-state index contributed by atoms with van der Waals surface area (Å²) in [4.78, 5) is 85.6. The molecule has 0 radical (unpaired) electrons. The number of carboxylic acids is 1. The van der Waals surface area contributed by atoms with E-state index >= 15 is 0 Å². The van der Waals surface area contributed by atoms with Gasteiger partial charge in [-0.3, -0.25) is 28.8 Å². The Morgan fingerprint density at radius 1 is 0.821 bits per heavy atom. The van der Waals surface area contributed by atoms with Crippen LogP contribution in [-0.2, 0) is 33.6 Å². The van der Waals surface area contributed by atoms with Gasteiger partial charge in [-0.05, 0) is 45.2 Å². The number of primary amides is 2. The molecule has 1 fully saturated rings. The highest BCUT2D eigenvalue weighted by Crippen LogP contribution is 2.06. The highest BCUT2D eigenvalue weighted by Gasteiger charge is 2.33. The molecule has 220 valence electrons. The van der Waals surface area contributed by atoms with Gasteiger partial charge in [0.1, 0.15) is 24.2 Å². The summed E-state index contributed by atoms with van der Waals surface area (Å²) in [5.74, 6) is -6.80. The van der Waals surface area contributed by atoms with Gasteiger partial charge < -0.3 is 48.9 Å². The van der Waals surface area contributed by atoms with Crippen LogP contribution in [0.1, 0.15) is 44.9 Å². The van der Waals surface area contributed by atoms with Gasteiger partial charge in [-0.15, -0.1) is 0 Å². The number of rotatable bonds is 18. The van der Waals surface area contributed by atoms with E-state index in [1.807, 2.05) is 0 Å². The lowest BCUT2D eigenvalue weighted by molar-refractivity contribution is -0.142. The second-order valence-electron chi connectivity index (χ2n) is 9.04. The van der Waals surface area contributed by atoms with Crippen LogP contribution < -0.4 is 43.8 Å². The normalized spacial score (nSPS) is 17.6. The van der Waals surface area contributed by atoms with Gasteiger partial charge in [-0.1, -0.05) is 0 Å². The zero-order chi connectivity index (χ0) is 29.5. The monoisotopic (exact) mass is 574 g/mol. The molecule has 6 amide bonds. The Hall–Kier alpha value is -3.44. The summed E-state index contributed by atoms with van der Waals surface area (Å²) in [6, 6.07) is -6.19. The fourth-order valence-electron chi connectivity index (χ4n) is 3.76. The molecule has 1 aliphatic rings. The molecule has 1 aliphatic heterocycles. The van der Waals surface area contributed by atoms with Crippen LogP contribution >= 0.6 is 12.6 Å². The van der Waals surface area contributed by atoms with Crippen molar-refractivity contribution in [2.75, 3.05) is 18.8 Å². The van der Waals surface area contributed by atoms with E-state index in [2.05, 4.69) is 39.2 Å². The average Bonchev–Trinajstić information content (AvgIpc) is 3.40. The second kappa shape index (κ2) is 17.2. The van der Waals surface area contributed by atoms with Crippen LogP contribution in [-0.4, -0.2) is 95.6 Å². The topological polar surface area (TPSA) is 278 Å². The van der Waals surface area contributed by atoms with E-state index in [1.54, 1.807) is 0 Å². The standard InChI is InChI=1S/C22H38N8O8S/c23-6-2-1-4-12(22(37)38)27-19(34)13(8-16(24)31)28-20(35)14(9-17(25)32)29-21(36)15(10-39)30-18(33)11-5-3-7-26-11/h11-15,26,39H,1-10,23H2,(H2,24,31)(H2,25,32)(H,27,34)(H,28,35)(H,29,36)(H,30,33)(H,37,38)/t11-,12-,13-,14-,15-/m0/s1.